The van der Waals surface area contributed by atoms with Gasteiger partial charge in [0.1, 0.15) is 0 Å². The second-order valence-corrected chi connectivity index (χ2v) is 5.23. The van der Waals surface area contributed by atoms with Gasteiger partial charge in [-0.1, -0.05) is 5.92 Å². The highest BCUT2D eigenvalue weighted by Gasteiger charge is 2.17. The SMILES string of the molecule is C#CC(C)(C)NCC(O)COC(C)(C)C. The minimum absolute atomic E-state index is 0.220. The van der Waals surface area contributed by atoms with Gasteiger partial charge >= 0.3 is 0 Å². The number of aliphatic hydroxyl groups excluding tert-OH is 1. The molecule has 0 aliphatic rings. The summed E-state index contributed by atoms with van der Waals surface area (Å²) in [5.41, 5.74) is -0.606. The van der Waals surface area contributed by atoms with Gasteiger partial charge in [0.25, 0.3) is 0 Å². The number of hydrogen-bond acceptors (Lipinski definition) is 3. The van der Waals surface area contributed by atoms with Crippen molar-refractivity contribution in [2.75, 3.05) is 13.2 Å². The normalized spacial score (nSPS) is 14.7. The first-order valence-corrected chi connectivity index (χ1v) is 5.21. The molecule has 0 aromatic carbocycles. The maximum atomic E-state index is 9.62. The topological polar surface area (TPSA) is 41.5 Å². The summed E-state index contributed by atoms with van der Waals surface area (Å²) in [6.45, 7) is 10.4. The van der Waals surface area contributed by atoms with E-state index in [0.717, 1.165) is 0 Å². The molecule has 0 amide bonds. The number of ether oxygens (including phenoxy) is 1. The molecule has 2 N–H and O–H groups in total. The van der Waals surface area contributed by atoms with Crippen molar-refractivity contribution in [2.24, 2.45) is 0 Å². The molecule has 88 valence electrons. The van der Waals surface area contributed by atoms with Crippen LogP contribution in [0.25, 0.3) is 0 Å². The molecule has 0 aliphatic carbocycles. The standard InChI is InChI=1S/C12H23NO2/c1-7-12(5,6)13-8-10(14)9-15-11(2,3)4/h1,10,13-14H,8-9H2,2-6H3. The molecule has 1 atom stereocenters. The summed E-state index contributed by atoms with van der Waals surface area (Å²) in [5.74, 6) is 2.61. The van der Waals surface area contributed by atoms with E-state index in [-0.39, 0.29) is 11.1 Å². The quantitative estimate of drug-likeness (QED) is 0.673. The Morgan fingerprint density at radius 3 is 2.27 bits per heavy atom. The highest BCUT2D eigenvalue weighted by atomic mass is 16.5. The highest BCUT2D eigenvalue weighted by Crippen LogP contribution is 2.07. The summed E-state index contributed by atoms with van der Waals surface area (Å²) in [6, 6.07) is 0. The number of aliphatic hydroxyl groups is 1. The Balaban J connectivity index is 3.78. The summed E-state index contributed by atoms with van der Waals surface area (Å²) < 4.78 is 5.45. The maximum Gasteiger partial charge on any atom is 0.0898 e. The van der Waals surface area contributed by atoms with Gasteiger partial charge in [0.15, 0.2) is 0 Å². The summed E-state index contributed by atoms with van der Waals surface area (Å²) in [7, 11) is 0. The lowest BCUT2D eigenvalue weighted by Gasteiger charge is -2.25. The Labute approximate surface area is 93.2 Å². The van der Waals surface area contributed by atoms with Crippen molar-refractivity contribution in [3.63, 3.8) is 0 Å². The fraction of sp³-hybridized carbons (Fsp3) is 0.833. The van der Waals surface area contributed by atoms with E-state index in [1.807, 2.05) is 34.6 Å². The third-order valence-corrected chi connectivity index (χ3v) is 1.85. The monoisotopic (exact) mass is 213 g/mol. The Hall–Kier alpha value is -0.560. The summed E-state index contributed by atoms with van der Waals surface area (Å²) in [5, 5.41) is 12.7. The van der Waals surface area contributed by atoms with Crippen LogP contribution in [0.2, 0.25) is 0 Å². The van der Waals surface area contributed by atoms with E-state index in [0.29, 0.717) is 13.2 Å². The molecular formula is C12H23NO2. The van der Waals surface area contributed by atoms with Crippen LogP contribution in [0.15, 0.2) is 0 Å². The molecule has 0 radical (unpaired) electrons. The molecule has 0 aromatic rings. The maximum absolute atomic E-state index is 9.62. The van der Waals surface area contributed by atoms with Crippen molar-refractivity contribution >= 4 is 0 Å². The van der Waals surface area contributed by atoms with Crippen molar-refractivity contribution < 1.29 is 9.84 Å². The Kier molecular flexibility index (Phi) is 5.30. The number of nitrogens with one attached hydrogen (secondary N) is 1. The average molecular weight is 213 g/mol. The fourth-order valence-electron chi connectivity index (χ4n) is 0.829. The molecule has 0 rings (SSSR count). The molecule has 3 heteroatoms. The molecule has 0 saturated heterocycles. The Bertz CT molecular complexity index is 223. The van der Waals surface area contributed by atoms with Gasteiger partial charge < -0.3 is 9.84 Å². The molecule has 0 aliphatic heterocycles. The Morgan fingerprint density at radius 1 is 1.33 bits per heavy atom. The molecule has 3 nitrogen and oxygen atoms in total. The van der Waals surface area contributed by atoms with E-state index in [1.54, 1.807) is 0 Å². The fourth-order valence-corrected chi connectivity index (χ4v) is 0.829. The zero-order chi connectivity index (χ0) is 12.1. The molecule has 15 heavy (non-hydrogen) atoms. The third-order valence-electron chi connectivity index (χ3n) is 1.85. The van der Waals surface area contributed by atoms with E-state index in [2.05, 4.69) is 11.2 Å². The van der Waals surface area contributed by atoms with Crippen LogP contribution in [0.5, 0.6) is 0 Å². The average Bonchev–Trinajstić information content (AvgIpc) is 2.10. The molecule has 0 bridgehead atoms. The summed E-state index contributed by atoms with van der Waals surface area (Å²) in [6.07, 6.45) is 4.78. The van der Waals surface area contributed by atoms with E-state index in [4.69, 9.17) is 11.2 Å². The number of rotatable bonds is 5. The lowest BCUT2D eigenvalue weighted by atomic mass is 10.1. The first kappa shape index (κ1) is 14.4. The van der Waals surface area contributed by atoms with Gasteiger partial charge in [-0.3, -0.25) is 5.32 Å². The predicted molar refractivity (Wildman–Crippen MR) is 62.6 cm³/mol. The third kappa shape index (κ3) is 8.44. The van der Waals surface area contributed by atoms with Gasteiger partial charge in [-0.05, 0) is 34.6 Å². The molecule has 0 saturated carbocycles. The molecule has 1 unspecified atom stereocenters. The highest BCUT2D eigenvalue weighted by molar-refractivity contribution is 5.07. The van der Waals surface area contributed by atoms with Crippen molar-refractivity contribution in [1.29, 1.82) is 0 Å². The smallest absolute Gasteiger partial charge is 0.0898 e. The summed E-state index contributed by atoms with van der Waals surface area (Å²) >= 11 is 0. The van der Waals surface area contributed by atoms with Gasteiger partial charge in [-0.25, -0.2) is 0 Å². The van der Waals surface area contributed by atoms with Crippen LogP contribution in [-0.2, 0) is 4.74 Å². The summed E-state index contributed by atoms with van der Waals surface area (Å²) in [4.78, 5) is 0. The van der Waals surface area contributed by atoms with Crippen molar-refractivity contribution in [1.82, 2.24) is 5.32 Å². The number of β-amino-alcohol motifs (C(OH)–C–C–N with tert-alkyl or cyclic N) is 1. The molecule has 0 heterocycles. The van der Waals surface area contributed by atoms with Crippen LogP contribution >= 0.6 is 0 Å². The van der Waals surface area contributed by atoms with Crippen LogP contribution in [0.4, 0.5) is 0 Å². The van der Waals surface area contributed by atoms with Crippen molar-refractivity contribution in [3.05, 3.63) is 0 Å². The van der Waals surface area contributed by atoms with Gasteiger partial charge in [0.2, 0.25) is 0 Å². The largest absolute Gasteiger partial charge is 0.389 e. The minimum atomic E-state index is -0.531. The van der Waals surface area contributed by atoms with Gasteiger partial charge in [-0.15, -0.1) is 6.42 Å². The second-order valence-electron chi connectivity index (χ2n) is 5.23. The minimum Gasteiger partial charge on any atom is -0.389 e. The van der Waals surface area contributed by atoms with Crippen LogP contribution < -0.4 is 5.32 Å². The first-order chi connectivity index (χ1) is 6.66. The lowest BCUT2D eigenvalue weighted by Crippen LogP contribution is -2.44. The van der Waals surface area contributed by atoms with Crippen LogP contribution in [0.1, 0.15) is 34.6 Å². The van der Waals surface area contributed by atoms with Crippen LogP contribution in [0.3, 0.4) is 0 Å². The van der Waals surface area contributed by atoms with E-state index >= 15 is 0 Å². The zero-order valence-corrected chi connectivity index (χ0v) is 10.4. The van der Waals surface area contributed by atoms with Crippen molar-refractivity contribution in [3.8, 4) is 12.3 Å². The van der Waals surface area contributed by atoms with Crippen molar-refractivity contribution in [2.45, 2.75) is 51.9 Å². The van der Waals surface area contributed by atoms with Gasteiger partial charge in [0, 0.05) is 6.54 Å². The van der Waals surface area contributed by atoms with E-state index in [1.165, 1.54) is 0 Å². The zero-order valence-electron chi connectivity index (χ0n) is 10.4. The first-order valence-electron chi connectivity index (χ1n) is 5.21. The second kappa shape index (κ2) is 5.50. The number of hydrogen-bond donors (Lipinski definition) is 2. The predicted octanol–water partition coefficient (Wildman–Crippen LogP) is 1.16. The molecule has 0 fully saturated rings. The molecule has 0 spiro atoms. The van der Waals surface area contributed by atoms with E-state index in [9.17, 15) is 5.11 Å². The van der Waals surface area contributed by atoms with Crippen LogP contribution in [-0.4, -0.2) is 35.5 Å². The number of terminal acetylenes is 1. The van der Waals surface area contributed by atoms with Gasteiger partial charge in [-0.2, -0.15) is 0 Å². The van der Waals surface area contributed by atoms with Crippen LogP contribution in [0, 0.1) is 12.3 Å². The molecule has 0 aromatic heterocycles. The van der Waals surface area contributed by atoms with E-state index < -0.39 is 6.10 Å². The lowest BCUT2D eigenvalue weighted by molar-refractivity contribution is -0.0486. The Morgan fingerprint density at radius 2 is 1.87 bits per heavy atom. The molecular weight excluding hydrogens is 190 g/mol. The van der Waals surface area contributed by atoms with Gasteiger partial charge in [0.05, 0.1) is 23.9 Å².